The van der Waals surface area contributed by atoms with Crippen LogP contribution in [0.25, 0.3) is 0 Å². The predicted octanol–water partition coefficient (Wildman–Crippen LogP) is 2.92. The molecule has 0 aromatic rings. The van der Waals surface area contributed by atoms with E-state index in [1.165, 1.54) is 11.1 Å². The average molecular weight is 186 g/mol. The molecule has 2 aliphatic carbocycles. The Hall–Kier alpha value is -1.08. The van der Waals surface area contributed by atoms with Gasteiger partial charge in [0.2, 0.25) is 0 Å². The molecular weight excluding hydrogens is 172 g/mol. The van der Waals surface area contributed by atoms with Crippen molar-refractivity contribution in [1.29, 1.82) is 0 Å². The van der Waals surface area contributed by atoms with Gasteiger partial charge in [-0.1, -0.05) is 30.4 Å². The summed E-state index contributed by atoms with van der Waals surface area (Å²) >= 11 is 0. The minimum atomic E-state index is 0.512. The Morgan fingerprint density at radius 3 is 2.93 bits per heavy atom. The van der Waals surface area contributed by atoms with Gasteiger partial charge in [-0.25, -0.2) is 0 Å². The number of allylic oxidation sites excluding steroid dienone is 7. The fraction of sp³-hybridized carbons (Fsp3) is 0.385. The van der Waals surface area contributed by atoms with Crippen molar-refractivity contribution in [1.82, 2.24) is 0 Å². The smallest absolute Gasteiger partial charge is 0.0850 e. The van der Waals surface area contributed by atoms with Crippen molar-refractivity contribution in [2.24, 2.45) is 0 Å². The number of epoxide rings is 1. The van der Waals surface area contributed by atoms with Gasteiger partial charge in [0.25, 0.3) is 0 Å². The van der Waals surface area contributed by atoms with Gasteiger partial charge in [-0.15, -0.1) is 0 Å². The third-order valence-corrected chi connectivity index (χ3v) is 3.04. The van der Waals surface area contributed by atoms with Crippen LogP contribution in [0.5, 0.6) is 0 Å². The van der Waals surface area contributed by atoms with Gasteiger partial charge in [-0.3, -0.25) is 0 Å². The third kappa shape index (κ3) is 1.48. The number of ether oxygens (including phenoxy) is 1. The second kappa shape index (κ2) is 3.25. The average Bonchev–Trinajstić information content (AvgIpc) is 2.68. The van der Waals surface area contributed by atoms with E-state index in [2.05, 4.69) is 30.4 Å². The molecule has 3 aliphatic rings. The van der Waals surface area contributed by atoms with Crippen molar-refractivity contribution in [3.63, 3.8) is 0 Å². The molecule has 0 N–H and O–H groups in total. The van der Waals surface area contributed by atoms with E-state index in [-0.39, 0.29) is 0 Å². The molecule has 14 heavy (non-hydrogen) atoms. The molecule has 0 bridgehead atoms. The SMILES string of the molecule is C1=CCC(C2=C(CC3CO3)C=CC2)=C1. The monoisotopic (exact) mass is 186 g/mol. The Morgan fingerprint density at radius 2 is 2.21 bits per heavy atom. The Kier molecular flexibility index (Phi) is 1.91. The molecule has 1 atom stereocenters. The molecule has 1 heteroatoms. The highest BCUT2D eigenvalue weighted by atomic mass is 16.6. The Labute approximate surface area is 84.5 Å². The zero-order chi connectivity index (χ0) is 9.38. The molecular formula is C13H14O. The van der Waals surface area contributed by atoms with E-state index >= 15 is 0 Å². The summed E-state index contributed by atoms with van der Waals surface area (Å²) in [7, 11) is 0. The lowest BCUT2D eigenvalue weighted by atomic mass is 9.98. The molecule has 72 valence electrons. The molecule has 0 aromatic heterocycles. The van der Waals surface area contributed by atoms with Crippen LogP contribution >= 0.6 is 0 Å². The van der Waals surface area contributed by atoms with Crippen LogP contribution in [-0.2, 0) is 4.74 Å². The summed E-state index contributed by atoms with van der Waals surface area (Å²) in [5.74, 6) is 0. The summed E-state index contributed by atoms with van der Waals surface area (Å²) in [5, 5.41) is 0. The van der Waals surface area contributed by atoms with Crippen molar-refractivity contribution < 1.29 is 4.74 Å². The number of hydrogen-bond acceptors (Lipinski definition) is 1. The first-order chi connectivity index (χ1) is 6.93. The molecule has 1 saturated heterocycles. The maximum absolute atomic E-state index is 5.28. The van der Waals surface area contributed by atoms with Crippen molar-refractivity contribution >= 4 is 0 Å². The molecule has 1 aliphatic heterocycles. The largest absolute Gasteiger partial charge is 0.373 e. The summed E-state index contributed by atoms with van der Waals surface area (Å²) in [5.41, 5.74) is 4.55. The summed E-state index contributed by atoms with van der Waals surface area (Å²) in [6, 6.07) is 0. The molecule has 0 saturated carbocycles. The molecule has 1 unspecified atom stereocenters. The fourth-order valence-corrected chi connectivity index (χ4v) is 2.18. The zero-order valence-electron chi connectivity index (χ0n) is 8.20. The molecule has 1 nitrogen and oxygen atoms in total. The number of rotatable bonds is 3. The van der Waals surface area contributed by atoms with E-state index in [4.69, 9.17) is 4.74 Å². The van der Waals surface area contributed by atoms with E-state index in [1.54, 1.807) is 5.57 Å². The van der Waals surface area contributed by atoms with Gasteiger partial charge in [-0.05, 0) is 29.6 Å². The van der Waals surface area contributed by atoms with Crippen molar-refractivity contribution in [3.05, 3.63) is 47.1 Å². The van der Waals surface area contributed by atoms with E-state index in [0.717, 1.165) is 25.9 Å². The van der Waals surface area contributed by atoms with Crippen LogP contribution in [0, 0.1) is 0 Å². The van der Waals surface area contributed by atoms with Crippen LogP contribution in [0.1, 0.15) is 19.3 Å². The van der Waals surface area contributed by atoms with E-state index < -0.39 is 0 Å². The Balaban J connectivity index is 1.81. The van der Waals surface area contributed by atoms with Gasteiger partial charge in [0.1, 0.15) is 0 Å². The second-order valence-corrected chi connectivity index (χ2v) is 4.09. The minimum absolute atomic E-state index is 0.512. The zero-order valence-corrected chi connectivity index (χ0v) is 8.20. The van der Waals surface area contributed by atoms with Gasteiger partial charge < -0.3 is 4.74 Å². The first-order valence-corrected chi connectivity index (χ1v) is 5.30. The van der Waals surface area contributed by atoms with Crippen LogP contribution in [0.15, 0.2) is 47.1 Å². The molecule has 0 spiro atoms. The predicted molar refractivity (Wildman–Crippen MR) is 57.0 cm³/mol. The molecule has 0 aromatic carbocycles. The lowest BCUT2D eigenvalue weighted by Gasteiger charge is -2.07. The topological polar surface area (TPSA) is 12.5 Å². The maximum atomic E-state index is 5.28. The summed E-state index contributed by atoms with van der Waals surface area (Å²) in [6.45, 7) is 0.960. The van der Waals surface area contributed by atoms with Gasteiger partial charge in [-0.2, -0.15) is 0 Å². The molecule has 0 amide bonds. The van der Waals surface area contributed by atoms with Crippen LogP contribution in [0.3, 0.4) is 0 Å². The normalized spacial score (nSPS) is 28.9. The third-order valence-electron chi connectivity index (χ3n) is 3.04. The molecule has 1 heterocycles. The van der Waals surface area contributed by atoms with E-state index in [0.29, 0.717) is 6.10 Å². The van der Waals surface area contributed by atoms with Crippen molar-refractivity contribution in [2.75, 3.05) is 6.61 Å². The molecule has 0 radical (unpaired) electrons. The van der Waals surface area contributed by atoms with Gasteiger partial charge in [0, 0.05) is 6.42 Å². The highest BCUT2D eigenvalue weighted by Crippen LogP contribution is 2.34. The fourth-order valence-electron chi connectivity index (χ4n) is 2.18. The maximum Gasteiger partial charge on any atom is 0.0850 e. The summed E-state index contributed by atoms with van der Waals surface area (Å²) in [6.07, 6.45) is 15.0. The van der Waals surface area contributed by atoms with Crippen LogP contribution in [0.4, 0.5) is 0 Å². The van der Waals surface area contributed by atoms with Gasteiger partial charge in [0.15, 0.2) is 0 Å². The van der Waals surface area contributed by atoms with Crippen molar-refractivity contribution in [3.8, 4) is 0 Å². The molecule has 1 fully saturated rings. The molecule has 3 rings (SSSR count). The van der Waals surface area contributed by atoms with Crippen LogP contribution in [0.2, 0.25) is 0 Å². The van der Waals surface area contributed by atoms with E-state index in [1.807, 2.05) is 0 Å². The first kappa shape index (κ1) is 8.25. The second-order valence-electron chi connectivity index (χ2n) is 4.09. The van der Waals surface area contributed by atoms with E-state index in [9.17, 15) is 0 Å². The Bertz CT molecular complexity index is 365. The summed E-state index contributed by atoms with van der Waals surface area (Å²) in [4.78, 5) is 0. The highest BCUT2D eigenvalue weighted by Gasteiger charge is 2.25. The summed E-state index contributed by atoms with van der Waals surface area (Å²) < 4.78 is 5.28. The van der Waals surface area contributed by atoms with Crippen LogP contribution in [-0.4, -0.2) is 12.7 Å². The van der Waals surface area contributed by atoms with Crippen LogP contribution < -0.4 is 0 Å². The quantitative estimate of drug-likeness (QED) is 0.617. The lowest BCUT2D eigenvalue weighted by molar-refractivity contribution is 0.408. The highest BCUT2D eigenvalue weighted by molar-refractivity contribution is 5.49. The standard InChI is InChI=1S/C13H14O/c1-2-5-10(4-1)13-7-3-6-11(13)8-12-9-14-12/h1-4,6,12H,5,7-9H2. The lowest BCUT2D eigenvalue weighted by Crippen LogP contribution is -1.92. The number of hydrogen-bond donors (Lipinski definition) is 0. The Morgan fingerprint density at radius 1 is 1.29 bits per heavy atom. The first-order valence-electron chi connectivity index (χ1n) is 5.30. The minimum Gasteiger partial charge on any atom is -0.373 e. The van der Waals surface area contributed by atoms with Gasteiger partial charge in [0.05, 0.1) is 12.7 Å². The van der Waals surface area contributed by atoms with Gasteiger partial charge >= 0.3 is 0 Å². The van der Waals surface area contributed by atoms with Crippen molar-refractivity contribution in [2.45, 2.75) is 25.4 Å².